The van der Waals surface area contributed by atoms with Crippen molar-refractivity contribution in [2.24, 2.45) is 0 Å². The molecule has 2 N–H and O–H groups in total. The van der Waals surface area contributed by atoms with Crippen LogP contribution in [0, 0.1) is 0 Å². The second-order valence-corrected chi connectivity index (χ2v) is 2.53. The molecule has 4 nitrogen and oxygen atoms in total. The van der Waals surface area contributed by atoms with Gasteiger partial charge < -0.3 is 5.32 Å². The smallest absolute Gasteiger partial charge is 0.0996 e. The van der Waals surface area contributed by atoms with Gasteiger partial charge in [0.1, 0.15) is 0 Å². The third-order valence-corrected chi connectivity index (χ3v) is 1.64. The summed E-state index contributed by atoms with van der Waals surface area (Å²) in [6.45, 7) is 6.68. The van der Waals surface area contributed by atoms with Gasteiger partial charge >= 0.3 is 0 Å². The van der Waals surface area contributed by atoms with E-state index in [9.17, 15) is 0 Å². The molecule has 1 aromatic heterocycles. The molecule has 0 aliphatic carbocycles. The minimum absolute atomic E-state index is 0.242. The van der Waals surface area contributed by atoms with Crippen LogP contribution in [0.25, 0.3) is 0 Å². The summed E-state index contributed by atoms with van der Waals surface area (Å²) in [6, 6.07) is 0.242. The lowest BCUT2D eigenvalue weighted by molar-refractivity contribution is 0.544. The Hall–Kier alpha value is -1.16. The molecule has 12 heavy (non-hydrogen) atoms. The van der Waals surface area contributed by atoms with Gasteiger partial charge in [0.25, 0.3) is 0 Å². The van der Waals surface area contributed by atoms with Gasteiger partial charge in [0.2, 0.25) is 0 Å². The molecule has 1 aromatic rings. The Morgan fingerprint density at radius 3 is 3.17 bits per heavy atom. The lowest BCUT2D eigenvalue weighted by Gasteiger charge is -2.11. The van der Waals surface area contributed by atoms with Gasteiger partial charge in [-0.25, -0.2) is 0 Å². The first-order chi connectivity index (χ1) is 5.88. The van der Waals surface area contributed by atoms with Gasteiger partial charge in [-0.2, -0.15) is 15.4 Å². The second-order valence-electron chi connectivity index (χ2n) is 2.53. The molecule has 1 atom stereocenters. The average molecular weight is 166 g/mol. The Morgan fingerprint density at radius 1 is 1.83 bits per heavy atom. The van der Waals surface area contributed by atoms with Gasteiger partial charge in [0, 0.05) is 0 Å². The van der Waals surface area contributed by atoms with Gasteiger partial charge in [-0.15, -0.1) is 6.58 Å². The molecule has 0 aromatic carbocycles. The van der Waals surface area contributed by atoms with Crippen LogP contribution in [-0.2, 0) is 0 Å². The Kier molecular flexibility index (Phi) is 3.47. The van der Waals surface area contributed by atoms with Crippen LogP contribution in [0.15, 0.2) is 18.9 Å². The molecule has 0 fully saturated rings. The number of aromatic nitrogens is 3. The number of rotatable bonds is 5. The van der Waals surface area contributed by atoms with E-state index < -0.39 is 0 Å². The Bertz CT molecular complexity index is 217. The first-order valence-electron chi connectivity index (χ1n) is 4.08. The van der Waals surface area contributed by atoms with Crippen molar-refractivity contribution in [1.29, 1.82) is 0 Å². The zero-order valence-electron chi connectivity index (χ0n) is 7.25. The van der Waals surface area contributed by atoms with Crippen molar-refractivity contribution < 1.29 is 0 Å². The van der Waals surface area contributed by atoms with E-state index in [4.69, 9.17) is 0 Å². The van der Waals surface area contributed by atoms with Crippen molar-refractivity contribution in [3.05, 3.63) is 24.5 Å². The highest BCUT2D eigenvalue weighted by Crippen LogP contribution is 2.12. The maximum Gasteiger partial charge on any atom is 0.0996 e. The van der Waals surface area contributed by atoms with Crippen molar-refractivity contribution in [2.75, 3.05) is 6.54 Å². The van der Waals surface area contributed by atoms with Crippen LogP contribution in [0.4, 0.5) is 0 Å². The molecule has 0 amide bonds. The van der Waals surface area contributed by atoms with Gasteiger partial charge in [-0.05, 0) is 13.0 Å². The highest BCUT2D eigenvalue weighted by Gasteiger charge is 2.09. The zero-order chi connectivity index (χ0) is 8.81. The molecular formula is C8H14N4. The van der Waals surface area contributed by atoms with Crippen LogP contribution >= 0.6 is 0 Å². The second kappa shape index (κ2) is 4.66. The van der Waals surface area contributed by atoms with Crippen molar-refractivity contribution in [2.45, 2.75) is 19.4 Å². The summed E-state index contributed by atoms with van der Waals surface area (Å²) in [5, 5.41) is 13.6. The molecule has 0 saturated heterocycles. The van der Waals surface area contributed by atoms with Gasteiger partial charge in [0.05, 0.1) is 17.9 Å². The van der Waals surface area contributed by atoms with Crippen molar-refractivity contribution in [3.63, 3.8) is 0 Å². The number of hydrogen-bond acceptors (Lipinski definition) is 3. The maximum absolute atomic E-state index is 4.01. The highest BCUT2D eigenvalue weighted by molar-refractivity contribution is 5.01. The van der Waals surface area contributed by atoms with Gasteiger partial charge in [-0.1, -0.05) is 13.0 Å². The topological polar surface area (TPSA) is 53.6 Å². The van der Waals surface area contributed by atoms with Crippen LogP contribution in [0.5, 0.6) is 0 Å². The quantitative estimate of drug-likeness (QED) is 0.642. The predicted octanol–water partition coefficient (Wildman–Crippen LogP) is 1.03. The third kappa shape index (κ3) is 2.17. The summed E-state index contributed by atoms with van der Waals surface area (Å²) in [5.41, 5.74) is 0.941. The molecule has 0 aliphatic heterocycles. The molecule has 66 valence electrons. The molecule has 0 saturated carbocycles. The summed E-state index contributed by atoms with van der Waals surface area (Å²) in [7, 11) is 0. The minimum atomic E-state index is 0.242. The first kappa shape index (κ1) is 8.93. The highest BCUT2D eigenvalue weighted by atomic mass is 15.3. The lowest BCUT2D eigenvalue weighted by Crippen LogP contribution is -2.20. The van der Waals surface area contributed by atoms with E-state index in [2.05, 4.69) is 34.2 Å². The predicted molar refractivity (Wildman–Crippen MR) is 47.6 cm³/mol. The Balaban J connectivity index is 2.59. The molecule has 4 heteroatoms. The molecule has 1 rings (SSSR count). The Morgan fingerprint density at radius 2 is 2.67 bits per heavy atom. The average Bonchev–Trinajstić information content (AvgIpc) is 2.56. The largest absolute Gasteiger partial charge is 0.309 e. The normalized spacial score (nSPS) is 12.8. The summed E-state index contributed by atoms with van der Waals surface area (Å²) in [5.74, 6) is 0. The van der Waals surface area contributed by atoms with Crippen LogP contribution in [0.3, 0.4) is 0 Å². The lowest BCUT2D eigenvalue weighted by atomic mass is 10.1. The molecule has 0 aliphatic rings. The minimum Gasteiger partial charge on any atom is -0.309 e. The van der Waals surface area contributed by atoms with Gasteiger partial charge in [-0.3, -0.25) is 0 Å². The zero-order valence-corrected chi connectivity index (χ0v) is 7.25. The van der Waals surface area contributed by atoms with Crippen LogP contribution in [0.2, 0.25) is 0 Å². The number of nitrogens with one attached hydrogen (secondary N) is 2. The number of aromatic amines is 1. The van der Waals surface area contributed by atoms with E-state index in [0.29, 0.717) is 0 Å². The monoisotopic (exact) mass is 166 g/mol. The fourth-order valence-corrected chi connectivity index (χ4v) is 1.10. The summed E-state index contributed by atoms with van der Waals surface area (Å²) in [6.07, 6.45) is 4.49. The molecule has 0 spiro atoms. The van der Waals surface area contributed by atoms with E-state index in [1.807, 2.05) is 6.08 Å². The third-order valence-electron chi connectivity index (χ3n) is 1.64. The van der Waals surface area contributed by atoms with Crippen molar-refractivity contribution in [3.8, 4) is 0 Å². The maximum atomic E-state index is 4.01. The molecule has 0 radical (unpaired) electrons. The van der Waals surface area contributed by atoms with Gasteiger partial charge in [0.15, 0.2) is 0 Å². The van der Waals surface area contributed by atoms with E-state index in [1.54, 1.807) is 6.20 Å². The van der Waals surface area contributed by atoms with Crippen LogP contribution in [-0.4, -0.2) is 22.0 Å². The van der Waals surface area contributed by atoms with Crippen molar-refractivity contribution >= 4 is 0 Å². The van der Waals surface area contributed by atoms with E-state index in [0.717, 1.165) is 18.7 Å². The first-order valence-corrected chi connectivity index (χ1v) is 4.08. The summed E-state index contributed by atoms with van der Waals surface area (Å²) in [4.78, 5) is 0. The molecular weight excluding hydrogens is 152 g/mol. The van der Waals surface area contributed by atoms with E-state index in [1.165, 1.54) is 0 Å². The number of nitrogens with zero attached hydrogens (tertiary/aromatic N) is 2. The fraction of sp³-hybridized carbons (Fsp3) is 0.500. The van der Waals surface area contributed by atoms with Crippen molar-refractivity contribution in [1.82, 2.24) is 20.7 Å². The number of hydrogen-bond donors (Lipinski definition) is 2. The standard InChI is InChI=1S/C8H14N4/c1-3-5-7(9-4-2)8-6-10-12-11-8/h3,6-7,9H,1,4-5H2,2H3,(H,10,11,12). The molecule has 1 heterocycles. The SMILES string of the molecule is C=CCC(NCC)c1cn[nH]n1. The number of H-pyrrole nitrogens is 1. The van der Waals surface area contributed by atoms with E-state index in [-0.39, 0.29) is 6.04 Å². The molecule has 1 unspecified atom stereocenters. The fourth-order valence-electron chi connectivity index (χ4n) is 1.10. The summed E-state index contributed by atoms with van der Waals surface area (Å²) < 4.78 is 0. The molecule has 0 bridgehead atoms. The Labute approximate surface area is 72.1 Å². The summed E-state index contributed by atoms with van der Waals surface area (Å²) >= 11 is 0. The van der Waals surface area contributed by atoms with Crippen LogP contribution in [0.1, 0.15) is 25.1 Å². The van der Waals surface area contributed by atoms with E-state index >= 15 is 0 Å². The van der Waals surface area contributed by atoms with Crippen LogP contribution < -0.4 is 5.32 Å².